The van der Waals surface area contributed by atoms with Crippen LogP contribution in [-0.2, 0) is 14.4 Å². The molecule has 1 rings (SSSR count). The first-order valence-corrected chi connectivity index (χ1v) is 5.96. The van der Waals surface area contributed by atoms with Gasteiger partial charge in [0.2, 0.25) is 11.8 Å². The van der Waals surface area contributed by atoms with Crippen LogP contribution < -0.4 is 11.1 Å². The molecule has 2 atom stereocenters. The average molecular weight is 257 g/mol. The van der Waals surface area contributed by atoms with E-state index in [0.717, 1.165) is 0 Å². The Hall–Kier alpha value is -1.63. The predicted molar refractivity (Wildman–Crippen MR) is 63.6 cm³/mol. The number of hydrogen-bond donors (Lipinski definition) is 3. The molecule has 0 bridgehead atoms. The van der Waals surface area contributed by atoms with Crippen LogP contribution in [0.5, 0.6) is 0 Å². The fraction of sp³-hybridized carbons (Fsp3) is 0.727. The van der Waals surface area contributed by atoms with Crippen LogP contribution in [0.15, 0.2) is 0 Å². The Morgan fingerprint density at radius 3 is 2.83 bits per heavy atom. The minimum atomic E-state index is -1.10. The van der Waals surface area contributed by atoms with Crippen LogP contribution in [-0.4, -0.2) is 53.0 Å². The fourth-order valence-electron chi connectivity index (χ4n) is 1.88. The van der Waals surface area contributed by atoms with Crippen molar-refractivity contribution in [2.45, 2.75) is 38.3 Å². The maximum absolute atomic E-state index is 11.9. The van der Waals surface area contributed by atoms with E-state index < -0.39 is 17.9 Å². The van der Waals surface area contributed by atoms with E-state index in [-0.39, 0.29) is 24.8 Å². The zero-order valence-corrected chi connectivity index (χ0v) is 10.4. The number of nitrogens with zero attached hydrogens (tertiary/aromatic N) is 1. The van der Waals surface area contributed by atoms with Crippen molar-refractivity contribution in [3.63, 3.8) is 0 Å². The van der Waals surface area contributed by atoms with E-state index in [9.17, 15) is 14.4 Å². The zero-order valence-electron chi connectivity index (χ0n) is 10.4. The van der Waals surface area contributed by atoms with Gasteiger partial charge in [-0.3, -0.25) is 14.4 Å². The second kappa shape index (κ2) is 6.34. The Labute approximate surface area is 105 Å². The largest absolute Gasteiger partial charge is 0.481 e. The summed E-state index contributed by atoms with van der Waals surface area (Å²) in [6.07, 6.45) is 0.396. The van der Waals surface area contributed by atoms with Crippen molar-refractivity contribution >= 4 is 17.8 Å². The molecule has 4 N–H and O–H groups in total. The van der Waals surface area contributed by atoms with Gasteiger partial charge >= 0.3 is 5.97 Å². The zero-order chi connectivity index (χ0) is 13.7. The van der Waals surface area contributed by atoms with Gasteiger partial charge in [0.05, 0.1) is 6.42 Å². The minimum Gasteiger partial charge on any atom is -0.481 e. The summed E-state index contributed by atoms with van der Waals surface area (Å²) in [5.41, 5.74) is 5.57. The molecule has 1 fully saturated rings. The van der Waals surface area contributed by atoms with Crippen molar-refractivity contribution in [2.24, 2.45) is 5.73 Å². The molecule has 18 heavy (non-hydrogen) atoms. The highest BCUT2D eigenvalue weighted by molar-refractivity contribution is 5.91. The van der Waals surface area contributed by atoms with Gasteiger partial charge in [0.25, 0.3) is 0 Å². The molecular formula is C11H19N3O4. The molecule has 2 unspecified atom stereocenters. The van der Waals surface area contributed by atoms with Gasteiger partial charge in [0.1, 0.15) is 6.04 Å². The number of hydrogen-bond acceptors (Lipinski definition) is 4. The third kappa shape index (κ3) is 3.99. The van der Waals surface area contributed by atoms with E-state index in [4.69, 9.17) is 10.8 Å². The number of carbonyl (C=O) groups excluding carboxylic acids is 2. The standard InChI is InChI=1S/C11H19N3O4/c1-7(12)2-3-9(15)14-5-4-13-11(18)8(14)6-10(16)17/h7-8H,2-6,12H2,1H3,(H,13,18)(H,16,17). The number of amides is 2. The SMILES string of the molecule is CC(N)CCC(=O)N1CCNC(=O)C1CC(=O)O. The lowest BCUT2D eigenvalue weighted by Gasteiger charge is -2.34. The Morgan fingerprint density at radius 1 is 1.61 bits per heavy atom. The Bertz CT molecular complexity index is 343. The van der Waals surface area contributed by atoms with Crippen LogP contribution in [0.1, 0.15) is 26.2 Å². The summed E-state index contributed by atoms with van der Waals surface area (Å²) in [5.74, 6) is -1.71. The summed E-state index contributed by atoms with van der Waals surface area (Å²) >= 11 is 0. The number of carboxylic acid groups (broad SMARTS) is 1. The second-order valence-electron chi connectivity index (χ2n) is 4.51. The summed E-state index contributed by atoms with van der Waals surface area (Å²) in [5, 5.41) is 11.3. The minimum absolute atomic E-state index is 0.0921. The van der Waals surface area contributed by atoms with Crippen LogP contribution >= 0.6 is 0 Å². The molecule has 0 radical (unpaired) electrons. The number of piperazine rings is 1. The molecule has 1 aliphatic rings. The summed E-state index contributed by atoms with van der Waals surface area (Å²) in [4.78, 5) is 35.6. The molecule has 0 spiro atoms. The molecule has 1 aliphatic heterocycles. The molecule has 7 heteroatoms. The molecule has 2 amide bonds. The summed E-state index contributed by atoms with van der Waals surface area (Å²) in [6, 6.07) is -0.998. The second-order valence-corrected chi connectivity index (χ2v) is 4.51. The van der Waals surface area contributed by atoms with E-state index in [2.05, 4.69) is 5.32 Å². The maximum Gasteiger partial charge on any atom is 0.305 e. The molecule has 0 saturated carbocycles. The smallest absolute Gasteiger partial charge is 0.305 e. The van der Waals surface area contributed by atoms with E-state index >= 15 is 0 Å². The Morgan fingerprint density at radius 2 is 2.28 bits per heavy atom. The lowest BCUT2D eigenvalue weighted by Crippen LogP contribution is -2.57. The van der Waals surface area contributed by atoms with Crippen molar-refractivity contribution in [1.82, 2.24) is 10.2 Å². The monoisotopic (exact) mass is 257 g/mol. The highest BCUT2D eigenvalue weighted by atomic mass is 16.4. The van der Waals surface area contributed by atoms with Gasteiger partial charge in [0.15, 0.2) is 0 Å². The number of rotatable bonds is 5. The molecule has 0 aromatic rings. The van der Waals surface area contributed by atoms with Crippen LogP contribution in [0.4, 0.5) is 0 Å². The first-order chi connectivity index (χ1) is 8.41. The van der Waals surface area contributed by atoms with Crippen LogP contribution in [0.3, 0.4) is 0 Å². The van der Waals surface area contributed by atoms with Crippen LogP contribution in [0, 0.1) is 0 Å². The summed E-state index contributed by atoms with van der Waals surface area (Å²) in [7, 11) is 0. The molecule has 0 aromatic heterocycles. The number of nitrogens with two attached hydrogens (primary N) is 1. The van der Waals surface area contributed by atoms with Gasteiger partial charge in [0, 0.05) is 25.6 Å². The van der Waals surface area contributed by atoms with Gasteiger partial charge in [-0.1, -0.05) is 0 Å². The molecule has 0 aliphatic carbocycles. The van der Waals surface area contributed by atoms with Gasteiger partial charge in [-0.05, 0) is 13.3 Å². The van der Waals surface area contributed by atoms with Crippen molar-refractivity contribution in [2.75, 3.05) is 13.1 Å². The lowest BCUT2D eigenvalue weighted by molar-refractivity contribution is -0.148. The van der Waals surface area contributed by atoms with Crippen LogP contribution in [0.2, 0.25) is 0 Å². The fourth-order valence-corrected chi connectivity index (χ4v) is 1.88. The quantitative estimate of drug-likeness (QED) is 0.579. The molecule has 1 saturated heterocycles. The molecule has 102 valence electrons. The molecule has 0 aromatic carbocycles. The number of carbonyl (C=O) groups is 3. The predicted octanol–water partition coefficient (Wildman–Crippen LogP) is -1.08. The first kappa shape index (κ1) is 14.4. The van der Waals surface area contributed by atoms with Crippen molar-refractivity contribution in [1.29, 1.82) is 0 Å². The van der Waals surface area contributed by atoms with Gasteiger partial charge in [-0.15, -0.1) is 0 Å². The summed E-state index contributed by atoms with van der Waals surface area (Å²) in [6.45, 7) is 2.51. The molecule has 1 heterocycles. The topological polar surface area (TPSA) is 113 Å². The van der Waals surface area contributed by atoms with Gasteiger partial charge < -0.3 is 21.1 Å². The Kier molecular flexibility index (Phi) is 5.08. The van der Waals surface area contributed by atoms with E-state index in [1.165, 1.54) is 4.90 Å². The maximum atomic E-state index is 11.9. The van der Waals surface area contributed by atoms with E-state index in [1.54, 1.807) is 6.92 Å². The van der Waals surface area contributed by atoms with Gasteiger partial charge in [-0.25, -0.2) is 0 Å². The average Bonchev–Trinajstić information content (AvgIpc) is 2.28. The third-order valence-electron chi connectivity index (χ3n) is 2.83. The normalized spacial score (nSPS) is 21.3. The van der Waals surface area contributed by atoms with Crippen molar-refractivity contribution in [3.8, 4) is 0 Å². The Balaban J connectivity index is 2.66. The van der Waals surface area contributed by atoms with Crippen molar-refractivity contribution in [3.05, 3.63) is 0 Å². The lowest BCUT2D eigenvalue weighted by atomic mass is 10.1. The van der Waals surface area contributed by atoms with Gasteiger partial charge in [-0.2, -0.15) is 0 Å². The summed E-state index contributed by atoms with van der Waals surface area (Å²) < 4.78 is 0. The number of aliphatic carboxylic acids is 1. The highest BCUT2D eigenvalue weighted by Crippen LogP contribution is 2.12. The first-order valence-electron chi connectivity index (χ1n) is 5.96. The van der Waals surface area contributed by atoms with E-state index in [0.29, 0.717) is 19.5 Å². The molecule has 7 nitrogen and oxygen atoms in total. The number of nitrogens with one attached hydrogen (secondary N) is 1. The molecular weight excluding hydrogens is 238 g/mol. The van der Waals surface area contributed by atoms with Crippen LogP contribution in [0.25, 0.3) is 0 Å². The third-order valence-corrected chi connectivity index (χ3v) is 2.83. The highest BCUT2D eigenvalue weighted by Gasteiger charge is 2.34. The number of carboxylic acids is 1. The van der Waals surface area contributed by atoms with Crippen molar-refractivity contribution < 1.29 is 19.5 Å². The van der Waals surface area contributed by atoms with E-state index in [1.807, 2.05) is 0 Å².